The van der Waals surface area contributed by atoms with E-state index in [-0.39, 0.29) is 0 Å². The zero-order valence-corrected chi connectivity index (χ0v) is 15.2. The molecule has 2 N–H and O–H groups in total. The smallest absolute Gasteiger partial charge is 0.229 e. The number of benzene rings is 2. The minimum atomic E-state index is 0.489. The number of rotatable bonds is 5. The highest BCUT2D eigenvalue weighted by molar-refractivity contribution is 5.64. The molecule has 1 aliphatic rings. The zero-order valence-electron chi connectivity index (χ0n) is 15.2. The largest absolute Gasteiger partial charge is 0.497 e. The lowest BCUT2D eigenvalue weighted by molar-refractivity contribution is 0.171. The van der Waals surface area contributed by atoms with E-state index in [1.54, 1.807) is 13.3 Å². The number of ether oxygens (including phenoxy) is 3. The lowest BCUT2D eigenvalue weighted by Gasteiger charge is -2.19. The molecular weight excluding hydrogens is 344 g/mol. The Morgan fingerprint density at radius 2 is 1.78 bits per heavy atom. The maximum absolute atomic E-state index is 5.62. The first-order valence-electron chi connectivity index (χ1n) is 8.63. The number of methoxy groups -OCH3 is 1. The van der Waals surface area contributed by atoms with Crippen molar-refractivity contribution in [3.8, 4) is 17.2 Å². The summed E-state index contributed by atoms with van der Waals surface area (Å²) in [7, 11) is 1.64. The van der Waals surface area contributed by atoms with Gasteiger partial charge in [-0.25, -0.2) is 4.98 Å². The van der Waals surface area contributed by atoms with Gasteiger partial charge in [0.15, 0.2) is 11.5 Å². The lowest BCUT2D eigenvalue weighted by atomic mass is 10.2. The van der Waals surface area contributed by atoms with Crippen LogP contribution in [0.3, 0.4) is 0 Å². The van der Waals surface area contributed by atoms with Crippen molar-refractivity contribution in [1.29, 1.82) is 0 Å². The van der Waals surface area contributed by atoms with E-state index in [9.17, 15) is 0 Å². The van der Waals surface area contributed by atoms with E-state index in [0.717, 1.165) is 34.3 Å². The highest BCUT2D eigenvalue weighted by Crippen LogP contribution is 2.33. The standard InChI is InChI=1S/C20H20N4O3/c1-13-12-21-20(23-15-6-7-17-18(11-15)27-9-8-26-17)24-19(13)22-14-4-3-5-16(10-14)25-2/h3-7,10-12H,8-9H2,1-2H3,(H2,21,22,23,24). The van der Waals surface area contributed by atoms with Crippen LogP contribution in [0.2, 0.25) is 0 Å². The van der Waals surface area contributed by atoms with Gasteiger partial charge in [0.05, 0.1) is 7.11 Å². The highest BCUT2D eigenvalue weighted by atomic mass is 16.6. The van der Waals surface area contributed by atoms with Gasteiger partial charge in [0.1, 0.15) is 24.8 Å². The van der Waals surface area contributed by atoms with Crippen LogP contribution >= 0.6 is 0 Å². The van der Waals surface area contributed by atoms with E-state index in [2.05, 4.69) is 20.6 Å². The molecule has 138 valence electrons. The van der Waals surface area contributed by atoms with Gasteiger partial charge < -0.3 is 24.8 Å². The highest BCUT2D eigenvalue weighted by Gasteiger charge is 2.12. The van der Waals surface area contributed by atoms with Gasteiger partial charge in [0, 0.05) is 35.3 Å². The molecule has 0 spiro atoms. The Morgan fingerprint density at radius 3 is 2.63 bits per heavy atom. The van der Waals surface area contributed by atoms with Crippen molar-refractivity contribution in [3.05, 3.63) is 54.2 Å². The molecule has 3 aromatic rings. The van der Waals surface area contributed by atoms with Crippen LogP contribution in [0.25, 0.3) is 0 Å². The molecule has 0 unspecified atom stereocenters. The lowest BCUT2D eigenvalue weighted by Crippen LogP contribution is -2.15. The van der Waals surface area contributed by atoms with Gasteiger partial charge in [0.2, 0.25) is 5.95 Å². The van der Waals surface area contributed by atoms with E-state index in [4.69, 9.17) is 14.2 Å². The van der Waals surface area contributed by atoms with Crippen molar-refractivity contribution in [1.82, 2.24) is 9.97 Å². The minimum Gasteiger partial charge on any atom is -0.497 e. The van der Waals surface area contributed by atoms with Crippen molar-refractivity contribution >= 4 is 23.1 Å². The predicted octanol–water partition coefficient (Wildman–Crippen LogP) is 4.05. The number of fused-ring (bicyclic) bond motifs is 1. The van der Waals surface area contributed by atoms with Gasteiger partial charge in [-0.15, -0.1) is 0 Å². The van der Waals surface area contributed by atoms with E-state index in [1.165, 1.54) is 0 Å². The molecule has 0 amide bonds. The fourth-order valence-electron chi connectivity index (χ4n) is 2.72. The van der Waals surface area contributed by atoms with Crippen molar-refractivity contribution in [2.75, 3.05) is 31.0 Å². The first-order valence-corrected chi connectivity index (χ1v) is 8.63. The Morgan fingerprint density at radius 1 is 0.963 bits per heavy atom. The Labute approximate surface area is 157 Å². The second kappa shape index (κ2) is 7.41. The topological polar surface area (TPSA) is 77.5 Å². The predicted molar refractivity (Wildman–Crippen MR) is 104 cm³/mol. The first kappa shape index (κ1) is 17.0. The van der Waals surface area contributed by atoms with Crippen LogP contribution in [0.1, 0.15) is 5.56 Å². The van der Waals surface area contributed by atoms with Gasteiger partial charge in [-0.2, -0.15) is 4.98 Å². The van der Waals surface area contributed by atoms with Gasteiger partial charge in [0.25, 0.3) is 0 Å². The number of anilines is 4. The first-order chi connectivity index (χ1) is 13.2. The Hall–Kier alpha value is -3.48. The summed E-state index contributed by atoms with van der Waals surface area (Å²) >= 11 is 0. The summed E-state index contributed by atoms with van der Waals surface area (Å²) < 4.78 is 16.4. The second-order valence-corrected chi connectivity index (χ2v) is 6.07. The van der Waals surface area contributed by atoms with Gasteiger partial charge in [-0.3, -0.25) is 0 Å². The summed E-state index contributed by atoms with van der Waals surface area (Å²) in [5.41, 5.74) is 2.66. The fraction of sp³-hybridized carbons (Fsp3) is 0.200. The Bertz CT molecular complexity index is 962. The van der Waals surface area contributed by atoms with E-state index in [0.29, 0.717) is 24.9 Å². The Kier molecular flexibility index (Phi) is 4.65. The SMILES string of the molecule is COc1cccc(Nc2nc(Nc3ccc4c(c3)OCCO4)ncc2C)c1. The van der Waals surface area contributed by atoms with Gasteiger partial charge >= 0.3 is 0 Å². The molecule has 0 atom stereocenters. The van der Waals surface area contributed by atoms with E-state index in [1.807, 2.05) is 49.4 Å². The second-order valence-electron chi connectivity index (χ2n) is 6.07. The summed E-state index contributed by atoms with van der Waals surface area (Å²) in [5.74, 6) is 3.45. The van der Waals surface area contributed by atoms with Crippen LogP contribution in [0.5, 0.6) is 17.2 Å². The van der Waals surface area contributed by atoms with Crippen molar-refractivity contribution < 1.29 is 14.2 Å². The number of aryl methyl sites for hydroxylation is 1. The quantitative estimate of drug-likeness (QED) is 0.707. The molecule has 7 heteroatoms. The fourth-order valence-corrected chi connectivity index (χ4v) is 2.72. The van der Waals surface area contributed by atoms with Crippen LogP contribution in [0.4, 0.5) is 23.1 Å². The number of hydrogen-bond acceptors (Lipinski definition) is 7. The van der Waals surface area contributed by atoms with Crippen molar-refractivity contribution in [3.63, 3.8) is 0 Å². The molecule has 27 heavy (non-hydrogen) atoms. The maximum atomic E-state index is 5.62. The summed E-state index contributed by atoms with van der Waals surface area (Å²) in [4.78, 5) is 8.95. The normalized spacial score (nSPS) is 12.4. The summed E-state index contributed by atoms with van der Waals surface area (Å²) in [6, 6.07) is 13.4. The average molecular weight is 364 g/mol. The molecule has 2 heterocycles. The number of nitrogens with one attached hydrogen (secondary N) is 2. The van der Waals surface area contributed by atoms with Crippen molar-refractivity contribution in [2.24, 2.45) is 0 Å². The van der Waals surface area contributed by atoms with Crippen LogP contribution in [0.15, 0.2) is 48.7 Å². The van der Waals surface area contributed by atoms with E-state index >= 15 is 0 Å². The molecule has 7 nitrogen and oxygen atoms in total. The van der Waals surface area contributed by atoms with Crippen LogP contribution in [-0.2, 0) is 0 Å². The molecule has 0 saturated heterocycles. The third-order valence-corrected chi connectivity index (χ3v) is 4.10. The number of aromatic nitrogens is 2. The van der Waals surface area contributed by atoms with Crippen LogP contribution in [-0.4, -0.2) is 30.3 Å². The zero-order chi connectivity index (χ0) is 18.6. The molecule has 1 aromatic heterocycles. The van der Waals surface area contributed by atoms with Gasteiger partial charge in [-0.1, -0.05) is 6.07 Å². The molecular formula is C20H20N4O3. The molecule has 4 rings (SSSR count). The number of hydrogen-bond donors (Lipinski definition) is 2. The molecule has 0 bridgehead atoms. The number of nitrogens with zero attached hydrogens (tertiary/aromatic N) is 2. The van der Waals surface area contributed by atoms with E-state index < -0.39 is 0 Å². The summed E-state index contributed by atoms with van der Waals surface area (Å²) in [5, 5.41) is 6.51. The molecule has 0 aliphatic carbocycles. The molecule has 0 fully saturated rings. The molecule has 1 aliphatic heterocycles. The third kappa shape index (κ3) is 3.87. The van der Waals surface area contributed by atoms with Gasteiger partial charge in [-0.05, 0) is 31.2 Å². The summed E-state index contributed by atoms with van der Waals surface area (Å²) in [6.45, 7) is 3.07. The molecule has 0 saturated carbocycles. The molecule has 0 radical (unpaired) electrons. The Balaban J connectivity index is 1.55. The monoisotopic (exact) mass is 364 g/mol. The third-order valence-electron chi connectivity index (χ3n) is 4.10. The minimum absolute atomic E-state index is 0.489. The molecule has 2 aromatic carbocycles. The maximum Gasteiger partial charge on any atom is 0.229 e. The van der Waals surface area contributed by atoms with Crippen molar-refractivity contribution in [2.45, 2.75) is 6.92 Å². The van der Waals surface area contributed by atoms with Crippen LogP contribution in [0, 0.1) is 6.92 Å². The summed E-state index contributed by atoms with van der Waals surface area (Å²) in [6.07, 6.45) is 1.77. The van der Waals surface area contributed by atoms with Crippen LogP contribution < -0.4 is 24.8 Å². The average Bonchev–Trinajstić information content (AvgIpc) is 2.70.